The van der Waals surface area contributed by atoms with Gasteiger partial charge in [-0.3, -0.25) is 4.79 Å². The summed E-state index contributed by atoms with van der Waals surface area (Å²) in [5, 5.41) is 0. The van der Waals surface area contributed by atoms with Crippen LogP contribution < -0.4 is 9.80 Å². The number of benzene rings is 2. The smallest absolute Gasteiger partial charge is 0.225 e. The second kappa shape index (κ2) is 8.21. The summed E-state index contributed by atoms with van der Waals surface area (Å²) in [7, 11) is 0. The lowest BCUT2D eigenvalue weighted by molar-refractivity contribution is -0.136. The number of halogens is 1. The molecule has 2 fully saturated rings. The number of nitrogens with zero attached hydrogens (tertiary/aromatic N) is 3. The largest absolute Gasteiger partial charge is 0.371 e. The van der Waals surface area contributed by atoms with E-state index in [4.69, 9.17) is 0 Å². The predicted molar refractivity (Wildman–Crippen MR) is 111 cm³/mol. The number of piperidine rings is 1. The molecule has 1 amide bonds. The summed E-state index contributed by atoms with van der Waals surface area (Å²) >= 11 is 0. The number of anilines is 2. The van der Waals surface area contributed by atoms with Crippen LogP contribution >= 0.6 is 0 Å². The molecular weight excluding hydrogens is 353 g/mol. The SMILES string of the molecule is Cc1ccc(N2CCC(C(=O)N3CCN(c4ccc(F)cc4)CC3)CC2)cc1. The molecule has 0 N–H and O–H groups in total. The zero-order valence-corrected chi connectivity index (χ0v) is 16.5. The summed E-state index contributed by atoms with van der Waals surface area (Å²) in [4.78, 5) is 19.6. The van der Waals surface area contributed by atoms with Crippen molar-refractivity contribution in [1.82, 2.24) is 4.90 Å². The number of hydrogen-bond donors (Lipinski definition) is 0. The van der Waals surface area contributed by atoms with Gasteiger partial charge in [0.15, 0.2) is 0 Å². The van der Waals surface area contributed by atoms with Crippen LogP contribution in [0.1, 0.15) is 18.4 Å². The normalized spacial score (nSPS) is 18.4. The van der Waals surface area contributed by atoms with Crippen LogP contribution in [0.3, 0.4) is 0 Å². The van der Waals surface area contributed by atoms with Gasteiger partial charge in [-0.05, 0) is 56.2 Å². The van der Waals surface area contributed by atoms with Gasteiger partial charge in [0.2, 0.25) is 5.91 Å². The predicted octanol–water partition coefficient (Wildman–Crippen LogP) is 3.70. The maximum atomic E-state index is 13.1. The molecule has 5 heteroatoms. The molecule has 0 aromatic heterocycles. The Morgan fingerprint density at radius 3 is 1.86 bits per heavy atom. The van der Waals surface area contributed by atoms with Gasteiger partial charge in [-0.15, -0.1) is 0 Å². The van der Waals surface area contributed by atoms with E-state index >= 15 is 0 Å². The third-order valence-corrected chi connectivity index (χ3v) is 6.03. The van der Waals surface area contributed by atoms with E-state index in [1.807, 2.05) is 17.0 Å². The van der Waals surface area contributed by atoms with Gasteiger partial charge in [-0.2, -0.15) is 0 Å². The molecule has 2 aliphatic heterocycles. The van der Waals surface area contributed by atoms with E-state index in [1.165, 1.54) is 23.4 Å². The van der Waals surface area contributed by atoms with Crippen LogP contribution in [-0.4, -0.2) is 50.1 Å². The molecule has 2 aromatic carbocycles. The minimum absolute atomic E-state index is 0.138. The molecule has 2 aromatic rings. The lowest BCUT2D eigenvalue weighted by Crippen LogP contribution is -2.51. The first kappa shape index (κ1) is 18.8. The Labute approximate surface area is 166 Å². The van der Waals surface area contributed by atoms with E-state index in [0.29, 0.717) is 5.91 Å². The molecule has 148 valence electrons. The molecule has 0 aliphatic carbocycles. The highest BCUT2D eigenvalue weighted by molar-refractivity contribution is 5.79. The average molecular weight is 381 g/mol. The summed E-state index contributed by atoms with van der Waals surface area (Å²) in [6.07, 6.45) is 1.84. The van der Waals surface area contributed by atoms with Crippen molar-refractivity contribution in [3.05, 3.63) is 59.9 Å². The average Bonchev–Trinajstić information content (AvgIpc) is 2.75. The van der Waals surface area contributed by atoms with Crippen LogP contribution in [0, 0.1) is 18.7 Å². The minimum atomic E-state index is -0.213. The number of rotatable bonds is 3. The minimum Gasteiger partial charge on any atom is -0.371 e. The Morgan fingerprint density at radius 2 is 1.29 bits per heavy atom. The first-order valence-electron chi connectivity index (χ1n) is 10.2. The van der Waals surface area contributed by atoms with E-state index < -0.39 is 0 Å². The van der Waals surface area contributed by atoms with Crippen LogP contribution in [0.15, 0.2) is 48.5 Å². The van der Waals surface area contributed by atoms with Crippen LogP contribution in [0.4, 0.5) is 15.8 Å². The molecule has 0 saturated carbocycles. The first-order valence-corrected chi connectivity index (χ1v) is 10.2. The standard InChI is InChI=1S/C23H28FN3O/c1-18-2-6-21(7-3-18)25-12-10-19(11-13-25)23(28)27-16-14-26(15-17-27)22-8-4-20(24)5-9-22/h2-9,19H,10-17H2,1H3. The zero-order chi connectivity index (χ0) is 19.5. The maximum Gasteiger partial charge on any atom is 0.225 e. The van der Waals surface area contributed by atoms with Crippen molar-refractivity contribution >= 4 is 17.3 Å². The van der Waals surface area contributed by atoms with Gasteiger partial charge in [0.1, 0.15) is 5.82 Å². The van der Waals surface area contributed by atoms with Gasteiger partial charge in [-0.25, -0.2) is 4.39 Å². The van der Waals surface area contributed by atoms with Crippen molar-refractivity contribution in [2.45, 2.75) is 19.8 Å². The number of aryl methyl sites for hydroxylation is 1. The summed E-state index contributed by atoms with van der Waals surface area (Å²) in [6.45, 7) is 7.08. The molecule has 0 bridgehead atoms. The highest BCUT2D eigenvalue weighted by atomic mass is 19.1. The van der Waals surface area contributed by atoms with E-state index in [2.05, 4.69) is 41.0 Å². The van der Waals surface area contributed by atoms with Crippen LogP contribution in [0.25, 0.3) is 0 Å². The topological polar surface area (TPSA) is 26.8 Å². The van der Waals surface area contributed by atoms with Gasteiger partial charge in [-0.1, -0.05) is 17.7 Å². The van der Waals surface area contributed by atoms with E-state index in [9.17, 15) is 9.18 Å². The number of amides is 1. The Balaban J connectivity index is 1.28. The van der Waals surface area contributed by atoms with Gasteiger partial charge in [0, 0.05) is 56.6 Å². The fraction of sp³-hybridized carbons (Fsp3) is 0.435. The molecule has 2 saturated heterocycles. The summed E-state index contributed by atoms with van der Waals surface area (Å²) in [5.41, 5.74) is 3.55. The molecule has 28 heavy (non-hydrogen) atoms. The molecule has 0 atom stereocenters. The zero-order valence-electron chi connectivity index (χ0n) is 16.5. The monoisotopic (exact) mass is 381 g/mol. The van der Waals surface area contributed by atoms with Crippen molar-refractivity contribution in [1.29, 1.82) is 0 Å². The maximum absolute atomic E-state index is 13.1. The highest BCUT2D eigenvalue weighted by Crippen LogP contribution is 2.26. The summed E-state index contributed by atoms with van der Waals surface area (Å²) in [5.74, 6) is 0.232. The van der Waals surface area contributed by atoms with Crippen molar-refractivity contribution in [2.75, 3.05) is 49.1 Å². The highest BCUT2D eigenvalue weighted by Gasteiger charge is 2.30. The van der Waals surface area contributed by atoms with E-state index in [0.717, 1.165) is 57.8 Å². The fourth-order valence-corrected chi connectivity index (χ4v) is 4.24. The quantitative estimate of drug-likeness (QED) is 0.811. The fourth-order valence-electron chi connectivity index (χ4n) is 4.24. The Morgan fingerprint density at radius 1 is 0.786 bits per heavy atom. The van der Waals surface area contributed by atoms with Crippen molar-refractivity contribution in [3.63, 3.8) is 0 Å². The number of hydrogen-bond acceptors (Lipinski definition) is 3. The third kappa shape index (κ3) is 4.13. The molecule has 2 aliphatic rings. The van der Waals surface area contributed by atoms with Crippen molar-refractivity contribution < 1.29 is 9.18 Å². The molecule has 0 unspecified atom stereocenters. The third-order valence-electron chi connectivity index (χ3n) is 6.03. The van der Waals surface area contributed by atoms with Crippen LogP contribution in [0.5, 0.6) is 0 Å². The lowest BCUT2D eigenvalue weighted by Gasteiger charge is -2.39. The molecule has 4 rings (SSSR count). The number of carbonyl (C=O) groups is 1. The van der Waals surface area contributed by atoms with Gasteiger partial charge in [0.25, 0.3) is 0 Å². The summed E-state index contributed by atoms with van der Waals surface area (Å²) < 4.78 is 13.1. The molecule has 2 heterocycles. The van der Waals surface area contributed by atoms with Gasteiger partial charge >= 0.3 is 0 Å². The number of piperazine rings is 1. The van der Waals surface area contributed by atoms with Gasteiger partial charge in [0.05, 0.1) is 0 Å². The second-order valence-electron chi connectivity index (χ2n) is 7.89. The van der Waals surface area contributed by atoms with Crippen molar-refractivity contribution in [2.24, 2.45) is 5.92 Å². The molecule has 4 nitrogen and oxygen atoms in total. The lowest BCUT2D eigenvalue weighted by atomic mass is 9.94. The molecule has 0 spiro atoms. The Bertz CT molecular complexity index is 722. The Hall–Kier alpha value is -2.56. The van der Waals surface area contributed by atoms with Crippen molar-refractivity contribution in [3.8, 4) is 0 Å². The molecular formula is C23H28FN3O. The first-order chi connectivity index (χ1) is 13.6. The van der Waals surface area contributed by atoms with Crippen LogP contribution in [-0.2, 0) is 4.79 Å². The Kier molecular flexibility index (Phi) is 5.51. The van der Waals surface area contributed by atoms with Crippen LogP contribution in [0.2, 0.25) is 0 Å². The van der Waals surface area contributed by atoms with Gasteiger partial charge < -0.3 is 14.7 Å². The second-order valence-corrected chi connectivity index (χ2v) is 7.89. The van der Waals surface area contributed by atoms with E-state index in [1.54, 1.807) is 0 Å². The van der Waals surface area contributed by atoms with E-state index in [-0.39, 0.29) is 11.7 Å². The molecule has 0 radical (unpaired) electrons. The summed E-state index contributed by atoms with van der Waals surface area (Å²) in [6, 6.07) is 15.3. The number of carbonyl (C=O) groups excluding carboxylic acids is 1.